The number of likely N-dealkylation sites (N-methyl/N-ethyl adjacent to an activating group) is 1. The highest BCUT2D eigenvalue weighted by molar-refractivity contribution is 5.94. The molecule has 0 bridgehead atoms. The minimum absolute atomic E-state index is 0.00622. The standard InChI is InChI=1S/C20H22FN3O/c1-20(2,17-13-23-18-5-4-15(21)12-16(17)18)19(25)24(3)11-8-14-6-9-22-10-7-14/h4-7,9-10,12-13,23H,8,11H2,1-3H3. The number of H-pyrrole nitrogens is 1. The lowest BCUT2D eigenvalue weighted by atomic mass is 9.83. The van der Waals surface area contributed by atoms with E-state index in [2.05, 4.69) is 9.97 Å². The molecule has 0 fully saturated rings. The molecule has 1 aromatic carbocycles. The van der Waals surface area contributed by atoms with Gasteiger partial charge in [-0.2, -0.15) is 0 Å². The number of hydrogen-bond acceptors (Lipinski definition) is 2. The van der Waals surface area contributed by atoms with E-state index in [-0.39, 0.29) is 11.7 Å². The number of nitrogens with zero attached hydrogens (tertiary/aromatic N) is 2. The fraction of sp³-hybridized carbons (Fsp3) is 0.300. The second-order valence-electron chi connectivity index (χ2n) is 6.85. The number of carbonyl (C=O) groups is 1. The first kappa shape index (κ1) is 17.1. The molecule has 0 atom stereocenters. The third-order valence-corrected chi connectivity index (χ3v) is 4.68. The van der Waals surface area contributed by atoms with Crippen LogP contribution in [0.4, 0.5) is 4.39 Å². The number of aromatic nitrogens is 2. The Bertz CT molecular complexity index is 886. The normalized spacial score (nSPS) is 11.7. The molecule has 0 saturated carbocycles. The topological polar surface area (TPSA) is 49.0 Å². The first-order valence-corrected chi connectivity index (χ1v) is 8.31. The summed E-state index contributed by atoms with van der Waals surface area (Å²) < 4.78 is 13.6. The Balaban J connectivity index is 1.80. The Hall–Kier alpha value is -2.69. The second kappa shape index (κ2) is 6.67. The van der Waals surface area contributed by atoms with Gasteiger partial charge in [0.2, 0.25) is 5.91 Å². The fourth-order valence-electron chi connectivity index (χ4n) is 3.15. The van der Waals surface area contributed by atoms with E-state index in [0.29, 0.717) is 6.54 Å². The zero-order valence-electron chi connectivity index (χ0n) is 14.7. The van der Waals surface area contributed by atoms with Crippen molar-refractivity contribution in [1.82, 2.24) is 14.9 Å². The second-order valence-corrected chi connectivity index (χ2v) is 6.85. The van der Waals surface area contributed by atoms with Gasteiger partial charge < -0.3 is 9.88 Å². The van der Waals surface area contributed by atoms with Crippen molar-refractivity contribution in [3.63, 3.8) is 0 Å². The number of carbonyl (C=O) groups excluding carboxylic acids is 1. The molecule has 3 rings (SSSR count). The first-order valence-electron chi connectivity index (χ1n) is 8.31. The number of pyridine rings is 1. The van der Waals surface area contributed by atoms with E-state index < -0.39 is 5.41 Å². The Morgan fingerprint density at radius 1 is 1.24 bits per heavy atom. The Kier molecular flexibility index (Phi) is 4.57. The van der Waals surface area contributed by atoms with Gasteiger partial charge in [0.15, 0.2) is 0 Å². The van der Waals surface area contributed by atoms with Crippen LogP contribution in [-0.4, -0.2) is 34.4 Å². The van der Waals surface area contributed by atoms with Crippen LogP contribution in [0, 0.1) is 5.82 Å². The Morgan fingerprint density at radius 2 is 1.96 bits per heavy atom. The minimum Gasteiger partial charge on any atom is -0.361 e. The summed E-state index contributed by atoms with van der Waals surface area (Å²) in [7, 11) is 1.81. The smallest absolute Gasteiger partial charge is 0.232 e. The number of aromatic amines is 1. The van der Waals surface area contributed by atoms with Crippen LogP contribution in [0.2, 0.25) is 0 Å². The molecule has 3 aromatic rings. The molecular weight excluding hydrogens is 317 g/mol. The molecule has 0 spiro atoms. The van der Waals surface area contributed by atoms with Gasteiger partial charge in [-0.3, -0.25) is 9.78 Å². The average Bonchev–Trinajstić information content (AvgIpc) is 3.03. The highest BCUT2D eigenvalue weighted by Crippen LogP contribution is 2.32. The summed E-state index contributed by atoms with van der Waals surface area (Å²) in [6.07, 6.45) is 6.07. The molecule has 25 heavy (non-hydrogen) atoms. The van der Waals surface area contributed by atoms with Crippen molar-refractivity contribution >= 4 is 16.8 Å². The fourth-order valence-corrected chi connectivity index (χ4v) is 3.15. The molecule has 0 unspecified atom stereocenters. The van der Waals surface area contributed by atoms with E-state index in [0.717, 1.165) is 28.5 Å². The van der Waals surface area contributed by atoms with Crippen LogP contribution in [0.1, 0.15) is 25.0 Å². The van der Waals surface area contributed by atoms with Gasteiger partial charge in [0.25, 0.3) is 0 Å². The van der Waals surface area contributed by atoms with E-state index >= 15 is 0 Å². The highest BCUT2D eigenvalue weighted by Gasteiger charge is 2.34. The molecular formula is C20H22FN3O. The first-order chi connectivity index (χ1) is 11.9. The summed E-state index contributed by atoms with van der Waals surface area (Å²) in [6, 6.07) is 8.49. The quantitative estimate of drug-likeness (QED) is 0.771. The van der Waals surface area contributed by atoms with Crippen LogP contribution in [-0.2, 0) is 16.6 Å². The molecule has 2 heterocycles. The predicted molar refractivity (Wildman–Crippen MR) is 96.9 cm³/mol. The van der Waals surface area contributed by atoms with Crippen molar-refractivity contribution in [1.29, 1.82) is 0 Å². The van der Waals surface area contributed by atoms with Crippen molar-refractivity contribution < 1.29 is 9.18 Å². The number of benzene rings is 1. The van der Waals surface area contributed by atoms with Crippen LogP contribution < -0.4 is 0 Å². The van der Waals surface area contributed by atoms with Gasteiger partial charge in [0.05, 0.1) is 5.41 Å². The van der Waals surface area contributed by atoms with E-state index in [4.69, 9.17) is 0 Å². The molecule has 5 heteroatoms. The molecule has 1 N–H and O–H groups in total. The lowest BCUT2D eigenvalue weighted by Crippen LogP contribution is -2.42. The molecule has 0 aliphatic carbocycles. The number of rotatable bonds is 5. The van der Waals surface area contributed by atoms with Crippen LogP contribution in [0.25, 0.3) is 10.9 Å². The largest absolute Gasteiger partial charge is 0.361 e. The molecule has 0 aliphatic rings. The van der Waals surface area contributed by atoms with Crippen molar-refractivity contribution in [3.8, 4) is 0 Å². The lowest BCUT2D eigenvalue weighted by molar-refractivity contribution is -0.134. The zero-order chi connectivity index (χ0) is 18.0. The van der Waals surface area contributed by atoms with Gasteiger partial charge >= 0.3 is 0 Å². The minimum atomic E-state index is -0.751. The molecule has 130 valence electrons. The van der Waals surface area contributed by atoms with Gasteiger partial charge in [-0.1, -0.05) is 0 Å². The number of hydrogen-bond donors (Lipinski definition) is 1. The number of fused-ring (bicyclic) bond motifs is 1. The van der Waals surface area contributed by atoms with Gasteiger partial charge in [-0.05, 0) is 61.7 Å². The molecule has 0 radical (unpaired) electrons. The molecule has 2 aromatic heterocycles. The SMILES string of the molecule is CN(CCc1ccncc1)C(=O)C(C)(C)c1c[nH]c2ccc(F)cc12. The summed E-state index contributed by atoms with van der Waals surface area (Å²) in [5.74, 6) is -0.297. The molecule has 0 saturated heterocycles. The van der Waals surface area contributed by atoms with Crippen molar-refractivity contribution in [2.45, 2.75) is 25.7 Å². The number of halogens is 1. The maximum Gasteiger partial charge on any atom is 0.232 e. The third kappa shape index (κ3) is 3.40. The Morgan fingerprint density at radius 3 is 2.68 bits per heavy atom. The molecule has 1 amide bonds. The van der Waals surface area contributed by atoms with Crippen molar-refractivity contribution in [2.75, 3.05) is 13.6 Å². The van der Waals surface area contributed by atoms with Crippen LogP contribution >= 0.6 is 0 Å². The van der Waals surface area contributed by atoms with E-state index in [1.54, 1.807) is 36.6 Å². The van der Waals surface area contributed by atoms with E-state index in [9.17, 15) is 9.18 Å². The zero-order valence-corrected chi connectivity index (χ0v) is 14.7. The highest BCUT2D eigenvalue weighted by atomic mass is 19.1. The summed E-state index contributed by atoms with van der Waals surface area (Å²) in [6.45, 7) is 4.38. The summed E-state index contributed by atoms with van der Waals surface area (Å²) >= 11 is 0. The summed E-state index contributed by atoms with van der Waals surface area (Å²) in [4.78, 5) is 21.9. The van der Waals surface area contributed by atoms with Crippen molar-refractivity contribution in [3.05, 3.63) is 65.9 Å². The molecule has 0 aliphatic heterocycles. The summed E-state index contributed by atoms with van der Waals surface area (Å²) in [5, 5.41) is 0.751. The lowest BCUT2D eigenvalue weighted by Gasteiger charge is -2.29. The number of nitrogens with one attached hydrogen (secondary N) is 1. The van der Waals surface area contributed by atoms with E-state index in [1.165, 1.54) is 12.1 Å². The maximum atomic E-state index is 13.6. The van der Waals surface area contributed by atoms with Gasteiger partial charge in [0.1, 0.15) is 5.82 Å². The van der Waals surface area contributed by atoms with Gasteiger partial charge in [0, 0.05) is 43.1 Å². The van der Waals surface area contributed by atoms with Crippen molar-refractivity contribution in [2.24, 2.45) is 0 Å². The molecule has 4 nitrogen and oxygen atoms in total. The Labute approximate surface area is 146 Å². The van der Waals surface area contributed by atoms with Gasteiger partial charge in [-0.15, -0.1) is 0 Å². The van der Waals surface area contributed by atoms with Crippen LogP contribution in [0.15, 0.2) is 48.9 Å². The van der Waals surface area contributed by atoms with Crippen LogP contribution in [0.3, 0.4) is 0 Å². The predicted octanol–water partition coefficient (Wildman–Crippen LogP) is 3.68. The summed E-state index contributed by atoms with van der Waals surface area (Å²) in [5.41, 5.74) is 2.03. The van der Waals surface area contributed by atoms with Gasteiger partial charge in [-0.25, -0.2) is 4.39 Å². The maximum absolute atomic E-state index is 13.6. The average molecular weight is 339 g/mol. The monoisotopic (exact) mass is 339 g/mol. The third-order valence-electron chi connectivity index (χ3n) is 4.68. The van der Waals surface area contributed by atoms with Crippen LogP contribution in [0.5, 0.6) is 0 Å². The number of amides is 1. The van der Waals surface area contributed by atoms with E-state index in [1.807, 2.05) is 26.0 Å².